The first-order valence-corrected chi connectivity index (χ1v) is 5.71. The van der Waals surface area contributed by atoms with E-state index in [4.69, 9.17) is 10.8 Å². The number of aliphatic hydroxyl groups is 1. The molecule has 0 atom stereocenters. The maximum Gasteiger partial charge on any atom is 0.155 e. The molecule has 1 aromatic rings. The SMILES string of the molecule is NCc1ccnnc1N1CCC(CO)CC1. The fraction of sp³-hybridized carbons (Fsp3) is 0.636. The van der Waals surface area contributed by atoms with Gasteiger partial charge < -0.3 is 15.7 Å². The molecule has 88 valence electrons. The van der Waals surface area contributed by atoms with Gasteiger partial charge in [0.05, 0.1) is 6.20 Å². The van der Waals surface area contributed by atoms with Crippen LogP contribution in [-0.4, -0.2) is 35.0 Å². The number of rotatable bonds is 3. The quantitative estimate of drug-likeness (QED) is 0.761. The highest BCUT2D eigenvalue weighted by Gasteiger charge is 2.21. The summed E-state index contributed by atoms with van der Waals surface area (Å²) in [5.41, 5.74) is 6.72. The van der Waals surface area contributed by atoms with E-state index in [0.717, 1.165) is 37.3 Å². The van der Waals surface area contributed by atoms with Crippen molar-refractivity contribution in [3.63, 3.8) is 0 Å². The van der Waals surface area contributed by atoms with Crippen molar-refractivity contribution in [2.45, 2.75) is 19.4 Å². The molecule has 0 radical (unpaired) electrons. The molecular formula is C11H18N4O. The van der Waals surface area contributed by atoms with Crippen LogP contribution in [0.2, 0.25) is 0 Å². The molecule has 5 nitrogen and oxygen atoms in total. The smallest absolute Gasteiger partial charge is 0.155 e. The molecule has 1 saturated heterocycles. The Morgan fingerprint density at radius 2 is 2.19 bits per heavy atom. The molecule has 3 N–H and O–H groups in total. The van der Waals surface area contributed by atoms with Crippen LogP contribution in [0.25, 0.3) is 0 Å². The van der Waals surface area contributed by atoms with E-state index < -0.39 is 0 Å². The molecule has 1 aliphatic heterocycles. The van der Waals surface area contributed by atoms with Gasteiger partial charge in [-0.3, -0.25) is 0 Å². The van der Waals surface area contributed by atoms with Crippen LogP contribution in [0.4, 0.5) is 5.82 Å². The van der Waals surface area contributed by atoms with Gasteiger partial charge in [-0.05, 0) is 24.8 Å². The van der Waals surface area contributed by atoms with E-state index in [1.165, 1.54) is 0 Å². The van der Waals surface area contributed by atoms with Gasteiger partial charge in [0.2, 0.25) is 0 Å². The van der Waals surface area contributed by atoms with Crippen molar-refractivity contribution in [3.8, 4) is 0 Å². The maximum atomic E-state index is 9.08. The number of hydrogen-bond donors (Lipinski definition) is 2. The second kappa shape index (κ2) is 5.23. The topological polar surface area (TPSA) is 75.3 Å². The number of nitrogens with zero attached hydrogens (tertiary/aromatic N) is 3. The fourth-order valence-electron chi connectivity index (χ4n) is 2.10. The highest BCUT2D eigenvalue weighted by molar-refractivity contribution is 5.45. The van der Waals surface area contributed by atoms with Crippen molar-refractivity contribution in [3.05, 3.63) is 17.8 Å². The van der Waals surface area contributed by atoms with Crippen LogP contribution in [0.1, 0.15) is 18.4 Å². The largest absolute Gasteiger partial charge is 0.396 e. The molecule has 0 amide bonds. The molecule has 0 unspecified atom stereocenters. The zero-order valence-electron chi connectivity index (χ0n) is 9.34. The minimum Gasteiger partial charge on any atom is -0.396 e. The van der Waals surface area contributed by atoms with Gasteiger partial charge in [-0.15, -0.1) is 5.10 Å². The standard InChI is InChI=1S/C11H18N4O/c12-7-10-1-4-13-14-11(10)15-5-2-9(8-16)3-6-15/h1,4,9,16H,2-3,5-8,12H2. The zero-order chi connectivity index (χ0) is 11.4. The molecular weight excluding hydrogens is 204 g/mol. The van der Waals surface area contributed by atoms with Gasteiger partial charge in [0, 0.05) is 31.8 Å². The number of aromatic nitrogens is 2. The van der Waals surface area contributed by atoms with Gasteiger partial charge >= 0.3 is 0 Å². The Labute approximate surface area is 95.3 Å². The van der Waals surface area contributed by atoms with Crippen molar-refractivity contribution < 1.29 is 5.11 Å². The minimum atomic E-state index is 0.290. The molecule has 0 saturated carbocycles. The van der Waals surface area contributed by atoms with Gasteiger partial charge in [0.25, 0.3) is 0 Å². The van der Waals surface area contributed by atoms with E-state index in [1.807, 2.05) is 6.07 Å². The Balaban J connectivity index is 2.07. The van der Waals surface area contributed by atoms with Crippen molar-refractivity contribution in [2.24, 2.45) is 11.7 Å². The summed E-state index contributed by atoms with van der Waals surface area (Å²) < 4.78 is 0. The molecule has 0 aromatic carbocycles. The number of nitrogens with two attached hydrogens (primary N) is 1. The van der Waals surface area contributed by atoms with Crippen molar-refractivity contribution in [2.75, 3.05) is 24.6 Å². The third kappa shape index (κ3) is 2.31. The molecule has 1 fully saturated rings. The summed E-state index contributed by atoms with van der Waals surface area (Å²) in [4.78, 5) is 2.21. The van der Waals surface area contributed by atoms with Crippen LogP contribution in [-0.2, 0) is 6.54 Å². The average molecular weight is 222 g/mol. The lowest BCUT2D eigenvalue weighted by atomic mass is 9.98. The summed E-state index contributed by atoms with van der Waals surface area (Å²) in [7, 11) is 0. The lowest BCUT2D eigenvalue weighted by molar-refractivity contribution is 0.202. The van der Waals surface area contributed by atoms with Gasteiger partial charge in [0.15, 0.2) is 5.82 Å². The lowest BCUT2D eigenvalue weighted by Gasteiger charge is -2.32. The van der Waals surface area contributed by atoms with Crippen LogP contribution in [0, 0.1) is 5.92 Å². The third-order valence-corrected chi connectivity index (χ3v) is 3.17. The molecule has 2 rings (SSSR count). The summed E-state index contributed by atoms with van der Waals surface area (Å²) in [6, 6.07) is 1.92. The van der Waals surface area contributed by atoms with Crippen LogP contribution in [0.3, 0.4) is 0 Å². The first-order chi connectivity index (χ1) is 7.85. The predicted octanol–water partition coefficient (Wildman–Crippen LogP) is 0.144. The van der Waals surface area contributed by atoms with Gasteiger partial charge in [-0.1, -0.05) is 0 Å². The number of anilines is 1. The number of aliphatic hydroxyl groups excluding tert-OH is 1. The van der Waals surface area contributed by atoms with Crippen LogP contribution >= 0.6 is 0 Å². The first kappa shape index (κ1) is 11.3. The third-order valence-electron chi connectivity index (χ3n) is 3.17. The normalized spacial score (nSPS) is 17.8. The van der Waals surface area contributed by atoms with E-state index in [1.54, 1.807) is 6.20 Å². The first-order valence-electron chi connectivity index (χ1n) is 5.71. The highest BCUT2D eigenvalue weighted by atomic mass is 16.3. The Morgan fingerprint density at radius 1 is 1.44 bits per heavy atom. The Hall–Kier alpha value is -1.20. The van der Waals surface area contributed by atoms with E-state index >= 15 is 0 Å². The second-order valence-electron chi connectivity index (χ2n) is 4.20. The van der Waals surface area contributed by atoms with Crippen molar-refractivity contribution in [1.82, 2.24) is 10.2 Å². The lowest BCUT2D eigenvalue weighted by Crippen LogP contribution is -2.36. The Bertz CT molecular complexity index is 337. The van der Waals surface area contributed by atoms with E-state index in [0.29, 0.717) is 12.5 Å². The fourth-order valence-corrected chi connectivity index (χ4v) is 2.10. The van der Waals surface area contributed by atoms with Crippen molar-refractivity contribution >= 4 is 5.82 Å². The van der Waals surface area contributed by atoms with Crippen LogP contribution < -0.4 is 10.6 Å². The molecule has 0 spiro atoms. The molecule has 0 bridgehead atoms. The maximum absolute atomic E-state index is 9.08. The van der Waals surface area contributed by atoms with Gasteiger partial charge in [0.1, 0.15) is 0 Å². The summed E-state index contributed by atoms with van der Waals surface area (Å²) in [5, 5.41) is 17.2. The molecule has 5 heteroatoms. The Morgan fingerprint density at radius 3 is 2.81 bits per heavy atom. The molecule has 16 heavy (non-hydrogen) atoms. The molecule has 0 aliphatic carbocycles. The summed E-state index contributed by atoms with van der Waals surface area (Å²) in [5.74, 6) is 1.34. The molecule has 1 aliphatic rings. The molecule has 1 aromatic heterocycles. The van der Waals surface area contributed by atoms with Crippen LogP contribution in [0.15, 0.2) is 12.3 Å². The summed E-state index contributed by atoms with van der Waals surface area (Å²) in [6.07, 6.45) is 3.69. The van der Waals surface area contributed by atoms with Crippen LogP contribution in [0.5, 0.6) is 0 Å². The van der Waals surface area contributed by atoms with E-state index in [9.17, 15) is 0 Å². The van der Waals surface area contributed by atoms with Crippen molar-refractivity contribution in [1.29, 1.82) is 0 Å². The second-order valence-corrected chi connectivity index (χ2v) is 4.20. The van der Waals surface area contributed by atoms with E-state index in [2.05, 4.69) is 15.1 Å². The Kier molecular flexibility index (Phi) is 3.69. The predicted molar refractivity (Wildman–Crippen MR) is 61.9 cm³/mol. The zero-order valence-corrected chi connectivity index (χ0v) is 9.34. The summed E-state index contributed by atoms with van der Waals surface area (Å²) >= 11 is 0. The highest BCUT2D eigenvalue weighted by Crippen LogP contribution is 2.23. The number of hydrogen-bond acceptors (Lipinski definition) is 5. The summed E-state index contributed by atoms with van der Waals surface area (Å²) in [6.45, 7) is 2.64. The average Bonchev–Trinajstić information content (AvgIpc) is 2.39. The minimum absolute atomic E-state index is 0.290. The monoisotopic (exact) mass is 222 g/mol. The van der Waals surface area contributed by atoms with Gasteiger partial charge in [-0.25, -0.2) is 0 Å². The number of piperidine rings is 1. The van der Waals surface area contributed by atoms with Gasteiger partial charge in [-0.2, -0.15) is 5.10 Å². The molecule has 2 heterocycles. The van der Waals surface area contributed by atoms with E-state index in [-0.39, 0.29) is 6.61 Å².